The number of hydrogen-bond donors (Lipinski definition) is 1. The van der Waals surface area contributed by atoms with Gasteiger partial charge in [-0.2, -0.15) is 0 Å². The Morgan fingerprint density at radius 1 is 1.35 bits per heavy atom. The van der Waals surface area contributed by atoms with Crippen LogP contribution >= 0.6 is 0 Å². The first-order valence-corrected chi connectivity index (χ1v) is 6.16. The molecule has 17 heavy (non-hydrogen) atoms. The molecule has 0 saturated carbocycles. The van der Waals surface area contributed by atoms with Crippen molar-refractivity contribution in [2.45, 2.75) is 26.2 Å². The Morgan fingerprint density at radius 3 is 2.76 bits per heavy atom. The second kappa shape index (κ2) is 5.45. The molecule has 0 radical (unpaired) electrons. The van der Waals surface area contributed by atoms with E-state index in [1.54, 1.807) is 6.08 Å². The summed E-state index contributed by atoms with van der Waals surface area (Å²) in [6, 6.07) is 0. The highest BCUT2D eigenvalue weighted by Crippen LogP contribution is 2.24. The van der Waals surface area contributed by atoms with Crippen molar-refractivity contribution in [2.24, 2.45) is 0 Å². The molecule has 1 saturated heterocycles. The lowest BCUT2D eigenvalue weighted by Crippen LogP contribution is -2.41. The first-order valence-electron chi connectivity index (χ1n) is 6.16. The molecule has 0 atom stereocenters. The van der Waals surface area contributed by atoms with Gasteiger partial charge in [0.25, 0.3) is 0 Å². The number of nitrogens with one attached hydrogen (secondary N) is 1. The van der Waals surface area contributed by atoms with Crippen LogP contribution in [0.25, 0.3) is 0 Å². The topological polar surface area (TPSA) is 36.3 Å². The lowest BCUT2D eigenvalue weighted by Gasteiger charge is -2.30. The molecule has 0 aromatic carbocycles. The maximum Gasteiger partial charge on any atom is 0.124 e. The van der Waals surface area contributed by atoms with Gasteiger partial charge in [0.2, 0.25) is 0 Å². The SMILES string of the molecule is CC1=C(F)C=C(C(=N)N2CCOCC2)CCC1. The number of ether oxygens (including phenoxy) is 1. The van der Waals surface area contributed by atoms with E-state index in [-0.39, 0.29) is 5.83 Å². The van der Waals surface area contributed by atoms with Crippen molar-refractivity contribution in [2.75, 3.05) is 26.3 Å². The molecule has 1 heterocycles. The first-order chi connectivity index (χ1) is 8.18. The van der Waals surface area contributed by atoms with Gasteiger partial charge in [-0.1, -0.05) is 0 Å². The number of morpholine rings is 1. The minimum Gasteiger partial charge on any atom is -0.378 e. The van der Waals surface area contributed by atoms with Gasteiger partial charge in [-0.3, -0.25) is 5.41 Å². The van der Waals surface area contributed by atoms with Crippen LogP contribution in [0.15, 0.2) is 23.0 Å². The van der Waals surface area contributed by atoms with E-state index >= 15 is 0 Å². The fourth-order valence-corrected chi connectivity index (χ4v) is 2.19. The molecule has 0 aromatic rings. The first kappa shape index (κ1) is 12.3. The van der Waals surface area contributed by atoms with Gasteiger partial charge in [-0.05, 0) is 43.4 Å². The van der Waals surface area contributed by atoms with E-state index in [1.165, 1.54) is 0 Å². The molecule has 1 fully saturated rings. The number of rotatable bonds is 1. The summed E-state index contributed by atoms with van der Waals surface area (Å²) in [5.74, 6) is 0.314. The van der Waals surface area contributed by atoms with Gasteiger partial charge in [0, 0.05) is 13.1 Å². The van der Waals surface area contributed by atoms with E-state index in [1.807, 2.05) is 11.8 Å². The lowest BCUT2D eigenvalue weighted by molar-refractivity contribution is 0.0678. The van der Waals surface area contributed by atoms with Crippen LogP contribution in [0.1, 0.15) is 26.2 Å². The van der Waals surface area contributed by atoms with E-state index in [0.29, 0.717) is 19.0 Å². The summed E-state index contributed by atoms with van der Waals surface area (Å²) in [6.07, 6.45) is 4.06. The summed E-state index contributed by atoms with van der Waals surface area (Å²) in [5, 5.41) is 8.14. The molecule has 1 aliphatic heterocycles. The highest BCUT2D eigenvalue weighted by atomic mass is 19.1. The Bertz CT molecular complexity index is 368. The van der Waals surface area contributed by atoms with Crippen molar-refractivity contribution in [1.82, 2.24) is 4.90 Å². The highest BCUT2D eigenvalue weighted by Gasteiger charge is 2.19. The largest absolute Gasteiger partial charge is 0.378 e. The van der Waals surface area contributed by atoms with Crippen molar-refractivity contribution in [3.63, 3.8) is 0 Å². The summed E-state index contributed by atoms with van der Waals surface area (Å²) in [6.45, 7) is 4.62. The third-order valence-corrected chi connectivity index (χ3v) is 3.34. The van der Waals surface area contributed by atoms with Crippen LogP contribution in [0, 0.1) is 5.41 Å². The smallest absolute Gasteiger partial charge is 0.124 e. The van der Waals surface area contributed by atoms with Crippen LogP contribution in [0.3, 0.4) is 0 Å². The number of nitrogens with zero attached hydrogens (tertiary/aromatic N) is 1. The molecular weight excluding hydrogens is 219 g/mol. The molecule has 0 amide bonds. The van der Waals surface area contributed by atoms with Gasteiger partial charge in [-0.15, -0.1) is 0 Å². The Labute approximate surface area is 101 Å². The fourth-order valence-electron chi connectivity index (χ4n) is 2.19. The van der Waals surface area contributed by atoms with Crippen molar-refractivity contribution in [3.8, 4) is 0 Å². The number of allylic oxidation sites excluding steroid dienone is 3. The van der Waals surface area contributed by atoms with Gasteiger partial charge in [0.05, 0.1) is 13.2 Å². The molecule has 0 spiro atoms. The van der Waals surface area contributed by atoms with Crippen LogP contribution in [-0.4, -0.2) is 37.0 Å². The zero-order chi connectivity index (χ0) is 12.3. The van der Waals surface area contributed by atoms with Crippen LogP contribution in [0.4, 0.5) is 4.39 Å². The van der Waals surface area contributed by atoms with Crippen LogP contribution in [0.5, 0.6) is 0 Å². The van der Waals surface area contributed by atoms with Crippen molar-refractivity contribution >= 4 is 5.84 Å². The fraction of sp³-hybridized carbons (Fsp3) is 0.615. The number of halogens is 1. The molecule has 1 aliphatic carbocycles. The monoisotopic (exact) mass is 238 g/mol. The molecule has 4 heteroatoms. The number of hydrogen-bond acceptors (Lipinski definition) is 2. The molecule has 0 bridgehead atoms. The average molecular weight is 238 g/mol. The Hall–Kier alpha value is -1.16. The average Bonchev–Trinajstić information content (AvgIpc) is 2.52. The quantitative estimate of drug-likeness (QED) is 0.563. The maximum absolute atomic E-state index is 13.7. The minimum absolute atomic E-state index is 0.157. The third kappa shape index (κ3) is 2.94. The molecule has 3 nitrogen and oxygen atoms in total. The van der Waals surface area contributed by atoms with Crippen LogP contribution < -0.4 is 0 Å². The van der Waals surface area contributed by atoms with E-state index in [9.17, 15) is 4.39 Å². The minimum atomic E-state index is -0.157. The van der Waals surface area contributed by atoms with Gasteiger partial charge in [0.1, 0.15) is 11.7 Å². The van der Waals surface area contributed by atoms with Gasteiger partial charge in [0.15, 0.2) is 0 Å². The summed E-state index contributed by atoms with van der Waals surface area (Å²) < 4.78 is 18.9. The standard InChI is InChI=1S/C13H19FN2O/c1-10-3-2-4-11(9-12(10)14)13(15)16-5-7-17-8-6-16/h9,15H,2-8H2,1H3. The second-order valence-electron chi connectivity index (χ2n) is 4.60. The maximum atomic E-state index is 13.7. The second-order valence-corrected chi connectivity index (χ2v) is 4.60. The Kier molecular flexibility index (Phi) is 3.94. The molecular formula is C13H19FN2O. The highest BCUT2D eigenvalue weighted by molar-refractivity contribution is 5.96. The van der Waals surface area contributed by atoms with Crippen molar-refractivity contribution in [1.29, 1.82) is 5.41 Å². The summed E-state index contributed by atoms with van der Waals surface area (Å²) in [5.41, 5.74) is 1.62. The third-order valence-electron chi connectivity index (χ3n) is 3.34. The zero-order valence-corrected chi connectivity index (χ0v) is 10.3. The Morgan fingerprint density at radius 2 is 2.06 bits per heavy atom. The molecule has 0 unspecified atom stereocenters. The predicted molar refractivity (Wildman–Crippen MR) is 65.9 cm³/mol. The molecule has 1 N–H and O–H groups in total. The van der Waals surface area contributed by atoms with E-state index < -0.39 is 0 Å². The normalized spacial score (nSPS) is 22.2. The molecule has 2 aliphatic rings. The zero-order valence-electron chi connectivity index (χ0n) is 10.3. The van der Waals surface area contributed by atoms with Crippen LogP contribution in [0.2, 0.25) is 0 Å². The van der Waals surface area contributed by atoms with E-state index in [4.69, 9.17) is 10.1 Å². The molecule has 0 aromatic heterocycles. The number of amidine groups is 1. The van der Waals surface area contributed by atoms with E-state index in [2.05, 4.69) is 0 Å². The summed E-state index contributed by atoms with van der Waals surface area (Å²) in [4.78, 5) is 1.98. The summed E-state index contributed by atoms with van der Waals surface area (Å²) >= 11 is 0. The van der Waals surface area contributed by atoms with Crippen LogP contribution in [-0.2, 0) is 4.74 Å². The van der Waals surface area contributed by atoms with Crippen molar-refractivity contribution < 1.29 is 9.13 Å². The molecule has 2 rings (SSSR count). The van der Waals surface area contributed by atoms with E-state index in [0.717, 1.165) is 43.5 Å². The van der Waals surface area contributed by atoms with Gasteiger partial charge >= 0.3 is 0 Å². The van der Waals surface area contributed by atoms with Gasteiger partial charge < -0.3 is 9.64 Å². The summed E-state index contributed by atoms with van der Waals surface area (Å²) in [7, 11) is 0. The lowest BCUT2D eigenvalue weighted by atomic mass is 10.1. The van der Waals surface area contributed by atoms with Crippen molar-refractivity contribution in [3.05, 3.63) is 23.0 Å². The predicted octanol–water partition coefficient (Wildman–Crippen LogP) is 2.65. The van der Waals surface area contributed by atoms with Gasteiger partial charge in [-0.25, -0.2) is 4.39 Å². The Balaban J connectivity index is 2.10. The molecule has 94 valence electrons.